The second kappa shape index (κ2) is 9.97. The molecule has 140 valence electrons. The molecule has 0 bridgehead atoms. The number of hydrogen-bond acceptors (Lipinski definition) is 5. The topological polar surface area (TPSA) is 83.7 Å². The zero-order chi connectivity index (χ0) is 19.6. The molecule has 0 aliphatic heterocycles. The predicted octanol–water partition coefficient (Wildman–Crippen LogP) is 3.55. The Morgan fingerprint density at radius 1 is 1.22 bits per heavy atom. The Bertz CT molecular complexity index is 837. The monoisotopic (exact) mass is 365 g/mol. The van der Waals surface area contributed by atoms with E-state index in [1.54, 1.807) is 24.3 Å². The van der Waals surface area contributed by atoms with Crippen molar-refractivity contribution in [3.8, 4) is 17.6 Å². The number of ether oxygens (including phenoxy) is 2. The third-order valence-electron chi connectivity index (χ3n) is 3.74. The molecule has 0 aliphatic carbocycles. The molecule has 6 nitrogen and oxygen atoms in total. The zero-order valence-corrected chi connectivity index (χ0v) is 15.7. The molecule has 2 rings (SSSR count). The summed E-state index contributed by atoms with van der Waals surface area (Å²) in [5, 5.41) is 12.4. The van der Waals surface area contributed by atoms with Gasteiger partial charge in [0, 0.05) is 0 Å². The molecule has 0 fully saturated rings. The number of aryl methyl sites for hydroxylation is 1. The molecule has 2 aromatic carbocycles. The van der Waals surface area contributed by atoms with Crippen LogP contribution in [0.15, 0.2) is 47.6 Å². The molecule has 0 saturated carbocycles. The van der Waals surface area contributed by atoms with Crippen LogP contribution in [0.4, 0.5) is 0 Å². The lowest BCUT2D eigenvalue weighted by Crippen LogP contribution is -2.25. The van der Waals surface area contributed by atoms with Crippen LogP contribution in [0.1, 0.15) is 36.5 Å². The van der Waals surface area contributed by atoms with E-state index in [9.17, 15) is 4.79 Å². The van der Waals surface area contributed by atoms with Gasteiger partial charge in [-0.25, -0.2) is 5.43 Å². The maximum Gasteiger partial charge on any atom is 0.277 e. The van der Waals surface area contributed by atoms with Crippen LogP contribution in [0.5, 0.6) is 11.5 Å². The molecule has 0 saturated heterocycles. The Morgan fingerprint density at radius 3 is 2.63 bits per heavy atom. The molecule has 2 aromatic rings. The largest absolute Gasteiger partial charge is 0.483 e. The molecular formula is C21H23N3O3. The van der Waals surface area contributed by atoms with Gasteiger partial charge in [0.25, 0.3) is 5.91 Å². The average molecular weight is 365 g/mol. The molecule has 0 aliphatic rings. The number of nitrogens with one attached hydrogen (secondary N) is 1. The highest BCUT2D eigenvalue weighted by Crippen LogP contribution is 2.27. The fourth-order valence-corrected chi connectivity index (χ4v) is 2.36. The van der Waals surface area contributed by atoms with E-state index < -0.39 is 0 Å². The van der Waals surface area contributed by atoms with Crippen LogP contribution in [0.25, 0.3) is 0 Å². The second-order valence-corrected chi connectivity index (χ2v) is 6.29. The molecular weight excluding hydrogens is 342 g/mol. The number of rotatable bonds is 8. The molecule has 27 heavy (non-hydrogen) atoms. The maximum atomic E-state index is 11.9. The van der Waals surface area contributed by atoms with E-state index in [0.29, 0.717) is 11.7 Å². The van der Waals surface area contributed by atoms with Crippen molar-refractivity contribution >= 4 is 12.1 Å². The van der Waals surface area contributed by atoms with Gasteiger partial charge in [-0.1, -0.05) is 26.0 Å². The highest BCUT2D eigenvalue weighted by Gasteiger charge is 2.10. The number of carbonyl (C=O) groups is 1. The zero-order valence-electron chi connectivity index (χ0n) is 15.7. The highest BCUT2D eigenvalue weighted by molar-refractivity contribution is 5.83. The molecule has 0 heterocycles. The third-order valence-corrected chi connectivity index (χ3v) is 3.74. The fourth-order valence-electron chi connectivity index (χ4n) is 2.36. The van der Waals surface area contributed by atoms with E-state index in [0.717, 1.165) is 22.4 Å². The summed E-state index contributed by atoms with van der Waals surface area (Å²) in [5.41, 5.74) is 5.38. The van der Waals surface area contributed by atoms with Gasteiger partial charge in [-0.15, -0.1) is 0 Å². The molecule has 0 aromatic heterocycles. The molecule has 0 spiro atoms. The number of carbonyl (C=O) groups excluding carboxylic acids is 1. The van der Waals surface area contributed by atoms with Crippen LogP contribution in [-0.2, 0) is 4.79 Å². The minimum Gasteiger partial charge on any atom is -0.483 e. The molecule has 1 N–H and O–H groups in total. The van der Waals surface area contributed by atoms with Crippen LogP contribution in [0.3, 0.4) is 0 Å². The van der Waals surface area contributed by atoms with Crippen LogP contribution in [0.2, 0.25) is 0 Å². The number of amides is 1. The minimum atomic E-state index is -0.337. The van der Waals surface area contributed by atoms with Gasteiger partial charge in [0.2, 0.25) is 0 Å². The number of benzene rings is 2. The van der Waals surface area contributed by atoms with Crippen molar-refractivity contribution in [2.75, 3.05) is 13.2 Å². The smallest absolute Gasteiger partial charge is 0.277 e. The van der Waals surface area contributed by atoms with Crippen LogP contribution >= 0.6 is 0 Å². The molecule has 1 amide bonds. The van der Waals surface area contributed by atoms with E-state index in [1.165, 1.54) is 6.21 Å². The third kappa shape index (κ3) is 6.48. The quantitative estimate of drug-likeness (QED) is 0.573. The molecule has 0 radical (unpaired) electrons. The Balaban J connectivity index is 1.85. The molecule has 0 atom stereocenters. The van der Waals surface area contributed by atoms with Gasteiger partial charge < -0.3 is 9.47 Å². The summed E-state index contributed by atoms with van der Waals surface area (Å²) in [6, 6.07) is 14.9. The lowest BCUT2D eigenvalue weighted by molar-refractivity contribution is -0.123. The van der Waals surface area contributed by atoms with Crippen LogP contribution in [0, 0.1) is 18.3 Å². The Labute approximate surface area is 159 Å². The first kappa shape index (κ1) is 20.0. The van der Waals surface area contributed by atoms with E-state index in [4.69, 9.17) is 14.7 Å². The van der Waals surface area contributed by atoms with Crippen molar-refractivity contribution in [3.05, 3.63) is 59.2 Å². The number of hydrazone groups is 1. The second-order valence-electron chi connectivity index (χ2n) is 6.29. The van der Waals surface area contributed by atoms with Gasteiger partial charge in [-0.2, -0.15) is 10.4 Å². The van der Waals surface area contributed by atoms with Gasteiger partial charge in [0.15, 0.2) is 13.2 Å². The SMILES string of the molecule is Cc1ccc(C(C)C)c(OCC(=O)N/N=C\c2ccc(OCC#N)cc2)c1. The summed E-state index contributed by atoms with van der Waals surface area (Å²) in [5.74, 6) is 1.29. The van der Waals surface area contributed by atoms with E-state index in [2.05, 4.69) is 24.4 Å². The Hall–Kier alpha value is -3.33. The lowest BCUT2D eigenvalue weighted by Gasteiger charge is -2.14. The fraction of sp³-hybridized carbons (Fsp3) is 0.286. The normalized spacial score (nSPS) is 10.6. The van der Waals surface area contributed by atoms with Crippen molar-refractivity contribution in [2.24, 2.45) is 5.10 Å². The van der Waals surface area contributed by atoms with E-state index in [-0.39, 0.29) is 19.1 Å². The summed E-state index contributed by atoms with van der Waals surface area (Å²) in [6.07, 6.45) is 1.53. The van der Waals surface area contributed by atoms with Crippen LogP contribution in [-0.4, -0.2) is 25.3 Å². The number of hydrogen-bond donors (Lipinski definition) is 1. The van der Waals surface area contributed by atoms with Gasteiger partial charge in [-0.3, -0.25) is 4.79 Å². The maximum absolute atomic E-state index is 11.9. The summed E-state index contributed by atoms with van der Waals surface area (Å²) in [4.78, 5) is 11.9. The summed E-state index contributed by atoms with van der Waals surface area (Å²) >= 11 is 0. The van der Waals surface area contributed by atoms with Gasteiger partial charge >= 0.3 is 0 Å². The first-order valence-electron chi connectivity index (χ1n) is 8.64. The van der Waals surface area contributed by atoms with Crippen molar-refractivity contribution in [1.82, 2.24) is 5.43 Å². The van der Waals surface area contributed by atoms with Crippen molar-refractivity contribution in [3.63, 3.8) is 0 Å². The van der Waals surface area contributed by atoms with Gasteiger partial charge in [0.1, 0.15) is 17.6 Å². The summed E-state index contributed by atoms with van der Waals surface area (Å²) in [6.45, 7) is 6.04. The summed E-state index contributed by atoms with van der Waals surface area (Å²) in [7, 11) is 0. The van der Waals surface area contributed by atoms with Crippen molar-refractivity contribution in [1.29, 1.82) is 5.26 Å². The standard InChI is InChI=1S/C21H23N3O3/c1-15(2)19-9-4-16(3)12-20(19)27-14-21(25)24-23-13-17-5-7-18(8-6-17)26-11-10-22/h4-9,12-13,15H,11,14H2,1-3H3,(H,24,25)/b23-13-. The van der Waals surface area contributed by atoms with Crippen molar-refractivity contribution < 1.29 is 14.3 Å². The van der Waals surface area contributed by atoms with Crippen LogP contribution < -0.4 is 14.9 Å². The highest BCUT2D eigenvalue weighted by atomic mass is 16.5. The van der Waals surface area contributed by atoms with Gasteiger partial charge in [0.05, 0.1) is 6.21 Å². The number of nitrogens with zero attached hydrogens (tertiary/aromatic N) is 2. The van der Waals surface area contributed by atoms with E-state index in [1.807, 2.05) is 31.2 Å². The van der Waals surface area contributed by atoms with Crippen molar-refractivity contribution in [2.45, 2.75) is 26.7 Å². The Kier molecular flexibility index (Phi) is 7.38. The van der Waals surface area contributed by atoms with E-state index >= 15 is 0 Å². The minimum absolute atomic E-state index is 0.00293. The molecule has 0 unspecified atom stereocenters. The van der Waals surface area contributed by atoms with Gasteiger partial charge in [-0.05, 0) is 59.9 Å². The summed E-state index contributed by atoms with van der Waals surface area (Å²) < 4.78 is 10.8. The first-order valence-corrected chi connectivity index (χ1v) is 8.64. The first-order chi connectivity index (χ1) is 13.0. The Morgan fingerprint density at radius 2 is 1.96 bits per heavy atom. The number of nitriles is 1. The predicted molar refractivity (Wildman–Crippen MR) is 104 cm³/mol. The average Bonchev–Trinajstić information content (AvgIpc) is 2.65. The lowest BCUT2D eigenvalue weighted by atomic mass is 10.0. The molecule has 6 heteroatoms.